The van der Waals surface area contributed by atoms with Crippen molar-refractivity contribution in [2.75, 3.05) is 0 Å². The van der Waals surface area contributed by atoms with Gasteiger partial charge in [0, 0.05) is 11.8 Å². The van der Waals surface area contributed by atoms with Crippen LogP contribution in [0.15, 0.2) is 48.7 Å². The molecule has 0 amide bonds. The molecule has 2 nitrogen and oxygen atoms in total. The van der Waals surface area contributed by atoms with Gasteiger partial charge in [0.05, 0.1) is 5.56 Å². The van der Waals surface area contributed by atoms with E-state index in [1.807, 2.05) is 0 Å². The molecule has 0 aliphatic rings. The molecule has 0 atom stereocenters. The smallest absolute Gasteiger partial charge is 0.287 e. The highest BCUT2D eigenvalue weighted by atomic mass is 19.4. The Morgan fingerprint density at radius 2 is 1.83 bits per heavy atom. The van der Waals surface area contributed by atoms with E-state index in [2.05, 4.69) is 4.98 Å². The summed E-state index contributed by atoms with van der Waals surface area (Å²) in [5, 5.41) is 0. The molecular weight excluding hydrogens is 243 g/mol. The molecule has 0 fully saturated rings. The van der Waals surface area contributed by atoms with Crippen molar-refractivity contribution >= 4 is 5.78 Å². The van der Waals surface area contributed by atoms with Gasteiger partial charge in [0.1, 0.15) is 5.69 Å². The van der Waals surface area contributed by atoms with Crippen molar-refractivity contribution in [2.24, 2.45) is 0 Å². The first kappa shape index (κ1) is 12.3. The molecule has 0 saturated heterocycles. The zero-order valence-electron chi connectivity index (χ0n) is 9.11. The van der Waals surface area contributed by atoms with Crippen LogP contribution in [-0.4, -0.2) is 10.8 Å². The number of pyridine rings is 1. The van der Waals surface area contributed by atoms with Crippen LogP contribution in [-0.2, 0) is 6.18 Å². The largest absolute Gasteiger partial charge is 0.416 e. The molecule has 0 aliphatic carbocycles. The van der Waals surface area contributed by atoms with Crippen LogP contribution in [0.1, 0.15) is 21.6 Å². The lowest BCUT2D eigenvalue weighted by molar-refractivity contribution is -0.137. The van der Waals surface area contributed by atoms with Crippen molar-refractivity contribution in [3.05, 3.63) is 65.5 Å². The van der Waals surface area contributed by atoms with Gasteiger partial charge in [0.25, 0.3) is 0 Å². The van der Waals surface area contributed by atoms with Crippen LogP contribution in [0.4, 0.5) is 13.2 Å². The average molecular weight is 251 g/mol. The Labute approximate surface area is 101 Å². The van der Waals surface area contributed by atoms with Crippen LogP contribution in [0.2, 0.25) is 0 Å². The normalized spacial score (nSPS) is 11.3. The van der Waals surface area contributed by atoms with E-state index in [0.717, 1.165) is 12.1 Å². The molecule has 18 heavy (non-hydrogen) atoms. The Kier molecular flexibility index (Phi) is 3.14. The SMILES string of the molecule is O=C(c1cccc(C(F)(F)F)c1)c1ccccn1. The molecule has 2 rings (SSSR count). The van der Waals surface area contributed by atoms with Gasteiger partial charge in [-0.25, -0.2) is 0 Å². The van der Waals surface area contributed by atoms with E-state index in [4.69, 9.17) is 0 Å². The third-order valence-electron chi connectivity index (χ3n) is 2.35. The molecule has 0 unspecified atom stereocenters. The minimum atomic E-state index is -4.46. The number of aromatic nitrogens is 1. The number of hydrogen-bond donors (Lipinski definition) is 0. The molecule has 0 aliphatic heterocycles. The first-order valence-corrected chi connectivity index (χ1v) is 5.11. The van der Waals surface area contributed by atoms with Gasteiger partial charge in [0.2, 0.25) is 5.78 Å². The first-order chi connectivity index (χ1) is 8.48. The lowest BCUT2D eigenvalue weighted by Gasteiger charge is -2.07. The number of benzene rings is 1. The van der Waals surface area contributed by atoms with Gasteiger partial charge in [0.15, 0.2) is 0 Å². The summed E-state index contributed by atoms with van der Waals surface area (Å²) in [6.45, 7) is 0. The summed E-state index contributed by atoms with van der Waals surface area (Å²) in [4.78, 5) is 15.7. The highest BCUT2D eigenvalue weighted by Gasteiger charge is 2.31. The molecule has 1 heterocycles. The predicted molar refractivity (Wildman–Crippen MR) is 59.1 cm³/mol. The van der Waals surface area contributed by atoms with Gasteiger partial charge in [-0.1, -0.05) is 18.2 Å². The Hall–Kier alpha value is -2.17. The van der Waals surface area contributed by atoms with E-state index in [9.17, 15) is 18.0 Å². The number of alkyl halides is 3. The van der Waals surface area contributed by atoms with Gasteiger partial charge in [-0.05, 0) is 24.3 Å². The third kappa shape index (κ3) is 2.56. The lowest BCUT2D eigenvalue weighted by Crippen LogP contribution is -2.08. The fraction of sp³-hybridized carbons (Fsp3) is 0.0769. The van der Waals surface area contributed by atoms with Gasteiger partial charge < -0.3 is 0 Å². The summed E-state index contributed by atoms with van der Waals surface area (Å²) in [7, 11) is 0. The maximum atomic E-state index is 12.5. The standard InChI is InChI=1S/C13H8F3NO/c14-13(15,16)10-5-3-4-9(8-10)12(18)11-6-1-2-7-17-11/h1-8H. The third-order valence-corrected chi connectivity index (χ3v) is 2.35. The van der Waals surface area contributed by atoms with Crippen molar-refractivity contribution in [3.8, 4) is 0 Å². The van der Waals surface area contributed by atoms with Crippen LogP contribution in [0.25, 0.3) is 0 Å². The second-order valence-electron chi connectivity index (χ2n) is 3.62. The van der Waals surface area contributed by atoms with Crippen LogP contribution >= 0.6 is 0 Å². The molecule has 0 spiro atoms. The summed E-state index contributed by atoms with van der Waals surface area (Å²) >= 11 is 0. The summed E-state index contributed by atoms with van der Waals surface area (Å²) in [6, 6.07) is 9.00. The highest BCUT2D eigenvalue weighted by molar-refractivity contribution is 6.07. The van der Waals surface area contributed by atoms with E-state index in [0.29, 0.717) is 0 Å². The maximum absolute atomic E-state index is 12.5. The minimum absolute atomic E-state index is 0.0245. The lowest BCUT2D eigenvalue weighted by atomic mass is 10.0. The molecular formula is C13H8F3NO. The molecule has 5 heteroatoms. The average Bonchev–Trinajstić information content (AvgIpc) is 2.38. The van der Waals surface area contributed by atoms with Crippen molar-refractivity contribution < 1.29 is 18.0 Å². The molecule has 1 aromatic carbocycles. The molecule has 0 N–H and O–H groups in total. The maximum Gasteiger partial charge on any atom is 0.416 e. The quantitative estimate of drug-likeness (QED) is 0.766. The Morgan fingerprint density at radius 1 is 1.06 bits per heavy atom. The van der Waals surface area contributed by atoms with Crippen molar-refractivity contribution in [2.45, 2.75) is 6.18 Å². The van der Waals surface area contributed by atoms with E-state index >= 15 is 0 Å². The van der Waals surface area contributed by atoms with E-state index in [-0.39, 0.29) is 11.3 Å². The topological polar surface area (TPSA) is 30.0 Å². The van der Waals surface area contributed by atoms with Gasteiger partial charge in [-0.15, -0.1) is 0 Å². The summed E-state index contributed by atoms with van der Waals surface area (Å²) in [5.41, 5.74) is -0.746. The first-order valence-electron chi connectivity index (χ1n) is 5.11. The van der Waals surface area contributed by atoms with Gasteiger partial charge in [-0.3, -0.25) is 9.78 Å². The summed E-state index contributed by atoms with van der Waals surface area (Å²) in [5.74, 6) is -0.526. The summed E-state index contributed by atoms with van der Waals surface area (Å²) in [6.07, 6.45) is -3.04. The van der Waals surface area contributed by atoms with Crippen molar-refractivity contribution in [1.82, 2.24) is 4.98 Å². The number of carbonyl (C=O) groups excluding carboxylic acids is 1. The zero-order valence-corrected chi connectivity index (χ0v) is 9.11. The molecule has 0 bridgehead atoms. The molecule has 1 aromatic heterocycles. The van der Waals surface area contributed by atoms with Crippen LogP contribution in [0.3, 0.4) is 0 Å². The van der Waals surface area contributed by atoms with Crippen molar-refractivity contribution in [1.29, 1.82) is 0 Å². The summed E-state index contributed by atoms with van der Waals surface area (Å²) < 4.78 is 37.5. The van der Waals surface area contributed by atoms with Crippen LogP contribution in [0, 0.1) is 0 Å². The zero-order chi connectivity index (χ0) is 13.2. The predicted octanol–water partition coefficient (Wildman–Crippen LogP) is 3.33. The molecule has 2 aromatic rings. The van der Waals surface area contributed by atoms with Crippen LogP contribution < -0.4 is 0 Å². The number of hydrogen-bond acceptors (Lipinski definition) is 2. The number of nitrogens with zero attached hydrogens (tertiary/aromatic N) is 1. The van der Waals surface area contributed by atoms with E-state index < -0.39 is 17.5 Å². The van der Waals surface area contributed by atoms with Gasteiger partial charge >= 0.3 is 6.18 Å². The Bertz CT molecular complexity index is 564. The molecule has 0 saturated carbocycles. The minimum Gasteiger partial charge on any atom is -0.287 e. The van der Waals surface area contributed by atoms with Crippen LogP contribution in [0.5, 0.6) is 0 Å². The number of halogens is 3. The fourth-order valence-corrected chi connectivity index (χ4v) is 1.48. The van der Waals surface area contributed by atoms with Crippen molar-refractivity contribution in [3.63, 3.8) is 0 Å². The van der Waals surface area contributed by atoms with E-state index in [1.165, 1.54) is 24.4 Å². The molecule has 0 radical (unpaired) electrons. The second-order valence-corrected chi connectivity index (χ2v) is 3.62. The second kappa shape index (κ2) is 4.60. The number of rotatable bonds is 2. The Morgan fingerprint density at radius 3 is 2.44 bits per heavy atom. The monoisotopic (exact) mass is 251 g/mol. The van der Waals surface area contributed by atoms with E-state index in [1.54, 1.807) is 12.1 Å². The van der Waals surface area contributed by atoms with Gasteiger partial charge in [-0.2, -0.15) is 13.2 Å². The Balaban J connectivity index is 2.38. The number of carbonyl (C=O) groups is 1. The number of ketones is 1. The fourth-order valence-electron chi connectivity index (χ4n) is 1.48. The highest BCUT2D eigenvalue weighted by Crippen LogP contribution is 2.29. The molecule has 92 valence electrons.